The van der Waals surface area contributed by atoms with Gasteiger partial charge in [0.2, 0.25) is 0 Å². The fourth-order valence-corrected chi connectivity index (χ4v) is 4.98. The van der Waals surface area contributed by atoms with Crippen LogP contribution in [0.2, 0.25) is 10.0 Å². The van der Waals surface area contributed by atoms with Gasteiger partial charge in [0.25, 0.3) is 5.91 Å². The van der Waals surface area contributed by atoms with Gasteiger partial charge < -0.3 is 9.30 Å². The third kappa shape index (κ3) is 5.13. The molecule has 4 nitrogen and oxygen atoms in total. The SMILES string of the molecule is CCOCCn1c(=NC(=O)c2ccc(Cc3ccccc3)cc2)sc2ccc(Cl)c(Cl)c21. The molecule has 3 aromatic carbocycles. The summed E-state index contributed by atoms with van der Waals surface area (Å²) in [4.78, 5) is 17.9. The average molecular weight is 485 g/mol. The first-order chi connectivity index (χ1) is 15.6. The van der Waals surface area contributed by atoms with Crippen LogP contribution in [0.5, 0.6) is 0 Å². The van der Waals surface area contributed by atoms with Gasteiger partial charge in [-0.3, -0.25) is 4.79 Å². The fraction of sp³-hybridized carbons (Fsp3) is 0.200. The molecule has 164 valence electrons. The minimum Gasteiger partial charge on any atom is -0.380 e. The van der Waals surface area contributed by atoms with Crippen molar-refractivity contribution in [2.75, 3.05) is 13.2 Å². The molecule has 0 atom stereocenters. The number of thiazole rings is 1. The molecule has 4 aromatic rings. The van der Waals surface area contributed by atoms with E-state index in [0.717, 1.165) is 22.2 Å². The monoisotopic (exact) mass is 484 g/mol. The number of fused-ring (bicyclic) bond motifs is 1. The van der Waals surface area contributed by atoms with Crippen molar-refractivity contribution in [2.45, 2.75) is 19.9 Å². The summed E-state index contributed by atoms with van der Waals surface area (Å²) in [5, 5.41) is 0.921. The minimum atomic E-state index is -0.296. The van der Waals surface area contributed by atoms with Crippen molar-refractivity contribution < 1.29 is 9.53 Å². The molecule has 0 bridgehead atoms. The number of hydrogen-bond acceptors (Lipinski definition) is 3. The Labute approximate surface area is 200 Å². The standard InChI is InChI=1S/C25H22Cl2N2O2S/c1-2-31-15-14-29-23-21(13-12-20(26)22(23)27)32-25(29)28-24(30)19-10-8-18(9-11-19)16-17-6-4-3-5-7-17/h3-13H,2,14-16H2,1H3. The van der Waals surface area contributed by atoms with E-state index in [1.54, 1.807) is 6.07 Å². The Bertz CT molecular complexity index is 1300. The molecule has 0 fully saturated rings. The highest BCUT2D eigenvalue weighted by Gasteiger charge is 2.14. The zero-order valence-corrected chi connectivity index (χ0v) is 19.9. The first-order valence-corrected chi connectivity index (χ1v) is 11.9. The van der Waals surface area contributed by atoms with E-state index in [1.807, 2.05) is 60.0 Å². The number of hydrogen-bond donors (Lipinski definition) is 0. The van der Waals surface area contributed by atoms with E-state index in [0.29, 0.717) is 40.2 Å². The fourth-order valence-electron chi connectivity index (χ4n) is 3.44. The zero-order chi connectivity index (χ0) is 22.5. The summed E-state index contributed by atoms with van der Waals surface area (Å²) in [6, 6.07) is 21.5. The molecule has 1 amide bonds. The smallest absolute Gasteiger partial charge is 0.279 e. The predicted octanol–water partition coefficient (Wildman–Crippen LogP) is 6.38. The molecule has 0 aliphatic carbocycles. The molecule has 0 saturated carbocycles. The molecule has 1 aromatic heterocycles. The van der Waals surface area contributed by atoms with Crippen LogP contribution in [0.3, 0.4) is 0 Å². The van der Waals surface area contributed by atoms with Crippen molar-refractivity contribution >= 4 is 50.7 Å². The molecule has 7 heteroatoms. The van der Waals surface area contributed by atoms with Gasteiger partial charge in [-0.15, -0.1) is 0 Å². The first kappa shape index (κ1) is 22.7. The summed E-state index contributed by atoms with van der Waals surface area (Å²) >= 11 is 14.1. The largest absolute Gasteiger partial charge is 0.380 e. The maximum atomic E-state index is 12.9. The number of aromatic nitrogens is 1. The highest BCUT2D eigenvalue weighted by molar-refractivity contribution is 7.16. The maximum Gasteiger partial charge on any atom is 0.279 e. The molecule has 1 heterocycles. The van der Waals surface area contributed by atoms with Crippen molar-refractivity contribution in [1.82, 2.24) is 4.57 Å². The van der Waals surface area contributed by atoms with Crippen molar-refractivity contribution in [2.24, 2.45) is 4.99 Å². The number of carbonyl (C=O) groups is 1. The molecule has 32 heavy (non-hydrogen) atoms. The van der Waals surface area contributed by atoms with Crippen LogP contribution in [-0.2, 0) is 17.7 Å². The second-order valence-electron chi connectivity index (χ2n) is 7.22. The highest BCUT2D eigenvalue weighted by atomic mass is 35.5. The van der Waals surface area contributed by atoms with Gasteiger partial charge in [-0.05, 0) is 48.7 Å². The number of halogens is 2. The zero-order valence-electron chi connectivity index (χ0n) is 17.6. The molecule has 4 rings (SSSR count). The van der Waals surface area contributed by atoms with E-state index < -0.39 is 0 Å². The lowest BCUT2D eigenvalue weighted by atomic mass is 10.0. The summed E-state index contributed by atoms with van der Waals surface area (Å²) in [6.07, 6.45) is 0.819. The van der Waals surface area contributed by atoms with Gasteiger partial charge in [0, 0.05) is 18.7 Å². The van der Waals surface area contributed by atoms with E-state index in [9.17, 15) is 4.79 Å². The van der Waals surface area contributed by atoms with Crippen molar-refractivity contribution in [1.29, 1.82) is 0 Å². The van der Waals surface area contributed by atoms with Crippen LogP contribution in [0.1, 0.15) is 28.4 Å². The Morgan fingerprint density at radius 2 is 1.72 bits per heavy atom. The third-order valence-corrected chi connectivity index (χ3v) is 6.88. The lowest BCUT2D eigenvalue weighted by molar-refractivity contribution is 0.0996. The number of amides is 1. The Kier molecular flexibility index (Phi) is 7.43. The highest BCUT2D eigenvalue weighted by Crippen LogP contribution is 2.32. The van der Waals surface area contributed by atoms with Crippen LogP contribution in [0, 0.1) is 0 Å². The van der Waals surface area contributed by atoms with Gasteiger partial charge >= 0.3 is 0 Å². The molecule has 0 spiro atoms. The summed E-state index contributed by atoms with van der Waals surface area (Å²) in [7, 11) is 0. The minimum absolute atomic E-state index is 0.296. The first-order valence-electron chi connectivity index (χ1n) is 10.3. The van der Waals surface area contributed by atoms with Crippen LogP contribution in [0.15, 0.2) is 71.7 Å². The number of nitrogens with zero attached hydrogens (tertiary/aromatic N) is 2. The second kappa shape index (κ2) is 10.5. The lowest BCUT2D eigenvalue weighted by Crippen LogP contribution is -2.20. The molecule has 0 radical (unpaired) electrons. The van der Waals surface area contributed by atoms with Crippen LogP contribution >= 0.6 is 34.5 Å². The Morgan fingerprint density at radius 3 is 2.44 bits per heavy atom. The summed E-state index contributed by atoms with van der Waals surface area (Å²) < 4.78 is 8.34. The van der Waals surface area contributed by atoms with E-state index in [-0.39, 0.29) is 5.91 Å². The molecule has 0 N–H and O–H groups in total. The van der Waals surface area contributed by atoms with Gasteiger partial charge in [-0.2, -0.15) is 4.99 Å². The van der Waals surface area contributed by atoms with Crippen molar-refractivity contribution in [3.8, 4) is 0 Å². The van der Waals surface area contributed by atoms with Gasteiger partial charge in [-0.1, -0.05) is 77.0 Å². The Morgan fingerprint density at radius 1 is 1.00 bits per heavy atom. The predicted molar refractivity (Wildman–Crippen MR) is 132 cm³/mol. The summed E-state index contributed by atoms with van der Waals surface area (Å²) in [5.41, 5.74) is 3.68. The number of ether oxygens (including phenoxy) is 1. The Balaban J connectivity index is 1.65. The van der Waals surface area contributed by atoms with Crippen LogP contribution < -0.4 is 4.80 Å². The van der Waals surface area contributed by atoms with Crippen molar-refractivity contribution in [3.05, 3.63) is 98.3 Å². The topological polar surface area (TPSA) is 43.6 Å². The summed E-state index contributed by atoms with van der Waals surface area (Å²) in [6.45, 7) is 3.56. The molecular formula is C25H22Cl2N2O2S. The molecule has 0 saturated heterocycles. The van der Waals surface area contributed by atoms with E-state index in [4.69, 9.17) is 27.9 Å². The average Bonchev–Trinajstić information content (AvgIpc) is 3.15. The molecule has 0 aliphatic rings. The number of carbonyl (C=O) groups excluding carboxylic acids is 1. The number of benzene rings is 3. The number of rotatable bonds is 7. The van der Waals surface area contributed by atoms with Gasteiger partial charge in [-0.25, -0.2) is 0 Å². The van der Waals surface area contributed by atoms with E-state index in [1.165, 1.54) is 16.9 Å². The van der Waals surface area contributed by atoms with Crippen LogP contribution in [-0.4, -0.2) is 23.7 Å². The molecular weight excluding hydrogens is 463 g/mol. The van der Waals surface area contributed by atoms with Crippen molar-refractivity contribution in [3.63, 3.8) is 0 Å². The molecule has 0 unspecified atom stereocenters. The van der Waals surface area contributed by atoms with Crippen LogP contribution in [0.25, 0.3) is 10.2 Å². The third-order valence-electron chi connectivity index (χ3n) is 5.05. The quantitative estimate of drug-likeness (QED) is 0.285. The van der Waals surface area contributed by atoms with E-state index in [2.05, 4.69) is 17.1 Å². The normalized spacial score (nSPS) is 11.9. The Hall–Kier alpha value is -2.44. The van der Waals surface area contributed by atoms with Gasteiger partial charge in [0.05, 0.1) is 26.9 Å². The van der Waals surface area contributed by atoms with Gasteiger partial charge in [0.1, 0.15) is 0 Å². The lowest BCUT2D eigenvalue weighted by Gasteiger charge is -2.07. The van der Waals surface area contributed by atoms with Gasteiger partial charge in [0.15, 0.2) is 4.80 Å². The molecule has 0 aliphatic heterocycles. The summed E-state index contributed by atoms with van der Waals surface area (Å²) in [5.74, 6) is -0.296. The van der Waals surface area contributed by atoms with Crippen LogP contribution in [0.4, 0.5) is 0 Å². The second-order valence-corrected chi connectivity index (χ2v) is 9.01. The van der Waals surface area contributed by atoms with E-state index >= 15 is 0 Å². The maximum absolute atomic E-state index is 12.9.